The van der Waals surface area contributed by atoms with E-state index in [-0.39, 0.29) is 42.8 Å². The molecule has 1 N–H and O–H groups in total. The highest BCUT2D eigenvalue weighted by Gasteiger charge is 2.41. The Morgan fingerprint density at radius 1 is 0.808 bits per heavy atom. The van der Waals surface area contributed by atoms with Gasteiger partial charge in [-0.1, -0.05) is 103 Å². The normalized spacial score (nSPS) is 15.4. The van der Waals surface area contributed by atoms with E-state index in [4.69, 9.17) is 33.8 Å². The zero-order valence-electron chi connectivity index (χ0n) is 41.9. The number of hydrogen-bond acceptors (Lipinski definition) is 9. The van der Waals surface area contributed by atoms with Crippen molar-refractivity contribution in [2.75, 3.05) is 26.8 Å². The van der Waals surface area contributed by atoms with Crippen LogP contribution in [-0.2, 0) is 21.6 Å². The number of ether oxygens (including phenoxy) is 5. The van der Waals surface area contributed by atoms with Crippen LogP contribution in [0.5, 0.6) is 17.4 Å². The minimum atomic E-state index is -1.04. The maximum Gasteiger partial charge on any atom is 0.410 e. The molecule has 6 aromatic carbocycles. The van der Waals surface area contributed by atoms with Crippen molar-refractivity contribution in [1.82, 2.24) is 19.7 Å². The second-order valence-corrected chi connectivity index (χ2v) is 20.1. The molecule has 10 rings (SSSR count). The lowest BCUT2D eigenvalue weighted by Gasteiger charge is -2.36. The fraction of sp³-hybridized carbons (Fsp3) is 0.300. The molecule has 8 aromatic rings. The molecule has 73 heavy (non-hydrogen) atoms. The Morgan fingerprint density at radius 2 is 1.44 bits per heavy atom. The van der Waals surface area contributed by atoms with Gasteiger partial charge in [0.15, 0.2) is 5.75 Å². The SMILES string of the molecule is COC(C)COc1cc(O[C@H]2CCN(C(=O)OC(C)(C)C)C2)c2cc(C3CC3)c(-c3c(C)c(F)cc4nn(C(c5ccccc5)(c5ccccc5)c5ccccc5)cc34)c(OCc3ccc(C(=O)O)cc3)c2n1. The average molecular weight is 983 g/mol. The van der Waals surface area contributed by atoms with Gasteiger partial charge in [0.25, 0.3) is 0 Å². The van der Waals surface area contributed by atoms with E-state index in [1.165, 1.54) is 6.07 Å². The molecule has 1 amide bonds. The molecule has 1 unspecified atom stereocenters. The van der Waals surface area contributed by atoms with Crippen molar-refractivity contribution in [3.05, 3.63) is 184 Å². The van der Waals surface area contributed by atoms with E-state index in [1.54, 1.807) is 49.3 Å². The summed E-state index contributed by atoms with van der Waals surface area (Å²) in [5, 5.41) is 16.4. The number of aromatic carboxylic acids is 1. The maximum atomic E-state index is 17.1. The second-order valence-electron chi connectivity index (χ2n) is 20.1. The van der Waals surface area contributed by atoms with E-state index in [0.29, 0.717) is 75.1 Å². The number of aromatic nitrogens is 3. The van der Waals surface area contributed by atoms with E-state index in [2.05, 4.69) is 42.5 Å². The van der Waals surface area contributed by atoms with Gasteiger partial charge in [0.1, 0.15) is 47.5 Å². The molecular formula is C60H59FN4O8. The number of carboxylic acids is 1. The summed E-state index contributed by atoms with van der Waals surface area (Å²) >= 11 is 0. The largest absolute Gasteiger partial charge is 0.488 e. The van der Waals surface area contributed by atoms with Gasteiger partial charge in [-0.3, -0.25) is 4.68 Å². The van der Waals surface area contributed by atoms with Crippen molar-refractivity contribution in [2.45, 2.75) is 89.8 Å². The van der Waals surface area contributed by atoms with Gasteiger partial charge in [-0.25, -0.2) is 19.0 Å². The molecule has 0 radical (unpaired) electrons. The highest BCUT2D eigenvalue weighted by atomic mass is 19.1. The molecular weight excluding hydrogens is 924 g/mol. The summed E-state index contributed by atoms with van der Waals surface area (Å²) in [7, 11) is 1.61. The lowest BCUT2D eigenvalue weighted by Crippen LogP contribution is -2.38. The predicted molar refractivity (Wildman–Crippen MR) is 278 cm³/mol. The number of halogens is 1. The number of carbonyl (C=O) groups is 2. The minimum absolute atomic E-state index is 0.0170. The van der Waals surface area contributed by atoms with Gasteiger partial charge < -0.3 is 33.7 Å². The number of carboxylic acid groups (broad SMARTS) is 1. The van der Waals surface area contributed by atoms with E-state index < -0.39 is 29.0 Å². The molecule has 1 saturated heterocycles. The van der Waals surface area contributed by atoms with Crippen LogP contribution in [0.4, 0.5) is 9.18 Å². The molecule has 2 fully saturated rings. The summed E-state index contributed by atoms with van der Waals surface area (Å²) in [6.07, 6.45) is 3.30. The smallest absolute Gasteiger partial charge is 0.410 e. The summed E-state index contributed by atoms with van der Waals surface area (Å²) in [6.45, 7) is 10.2. The summed E-state index contributed by atoms with van der Waals surface area (Å²) < 4.78 is 50.8. The molecule has 374 valence electrons. The van der Waals surface area contributed by atoms with E-state index in [0.717, 1.165) is 35.1 Å². The van der Waals surface area contributed by atoms with Crippen LogP contribution in [0, 0.1) is 12.7 Å². The van der Waals surface area contributed by atoms with Gasteiger partial charge in [-0.05, 0) is 105 Å². The average Bonchev–Trinajstić information content (AvgIpc) is 3.99. The highest BCUT2D eigenvalue weighted by Crippen LogP contribution is 2.54. The van der Waals surface area contributed by atoms with Crippen molar-refractivity contribution >= 4 is 33.9 Å². The number of rotatable bonds is 16. The van der Waals surface area contributed by atoms with Crippen molar-refractivity contribution in [2.24, 2.45) is 0 Å². The van der Waals surface area contributed by atoms with Gasteiger partial charge in [0, 0.05) is 60.3 Å². The van der Waals surface area contributed by atoms with Crippen LogP contribution in [-0.4, -0.2) is 81.4 Å². The molecule has 0 spiro atoms. The highest BCUT2D eigenvalue weighted by molar-refractivity contribution is 6.05. The Hall–Kier alpha value is -7.77. The summed E-state index contributed by atoms with van der Waals surface area (Å²) in [4.78, 5) is 32.0. The number of amides is 1. The Labute approximate surface area is 424 Å². The molecule has 12 nitrogen and oxygen atoms in total. The topological polar surface area (TPSA) is 134 Å². The van der Waals surface area contributed by atoms with Gasteiger partial charge >= 0.3 is 12.1 Å². The number of benzene rings is 6. The van der Waals surface area contributed by atoms with Crippen LogP contribution in [0.3, 0.4) is 0 Å². The molecule has 1 aliphatic heterocycles. The quantitative estimate of drug-likeness (QED) is 0.0933. The zero-order chi connectivity index (χ0) is 51.0. The third kappa shape index (κ3) is 9.81. The van der Waals surface area contributed by atoms with Gasteiger partial charge in [0.05, 0.1) is 23.7 Å². The molecule has 2 atom stereocenters. The Bertz CT molecular complexity index is 3200. The first-order valence-corrected chi connectivity index (χ1v) is 24.8. The fourth-order valence-electron chi connectivity index (χ4n) is 9.92. The maximum absolute atomic E-state index is 17.1. The number of methoxy groups -OCH3 is 1. The van der Waals surface area contributed by atoms with Crippen molar-refractivity contribution in [1.29, 1.82) is 0 Å². The van der Waals surface area contributed by atoms with Crippen LogP contribution in [0.1, 0.15) is 96.6 Å². The Kier molecular flexibility index (Phi) is 13.4. The number of pyridine rings is 1. The van der Waals surface area contributed by atoms with Gasteiger partial charge in [0.2, 0.25) is 5.88 Å². The summed E-state index contributed by atoms with van der Waals surface area (Å²) in [5.74, 6) is -0.279. The molecule has 2 aromatic heterocycles. The zero-order valence-corrected chi connectivity index (χ0v) is 41.9. The monoisotopic (exact) mass is 982 g/mol. The number of carbonyl (C=O) groups excluding carboxylic acids is 1. The molecule has 0 bridgehead atoms. The van der Waals surface area contributed by atoms with Gasteiger partial charge in [-0.2, -0.15) is 5.10 Å². The van der Waals surface area contributed by atoms with Crippen LogP contribution in [0.25, 0.3) is 32.9 Å². The first kappa shape index (κ1) is 48.8. The third-order valence-electron chi connectivity index (χ3n) is 13.8. The Morgan fingerprint density at radius 3 is 2.01 bits per heavy atom. The first-order chi connectivity index (χ1) is 35.2. The number of nitrogens with zero attached hydrogens (tertiary/aromatic N) is 4. The predicted octanol–water partition coefficient (Wildman–Crippen LogP) is 12.5. The third-order valence-corrected chi connectivity index (χ3v) is 13.8. The van der Waals surface area contributed by atoms with E-state index in [1.807, 2.05) is 93.2 Å². The molecule has 13 heteroatoms. The fourth-order valence-corrected chi connectivity index (χ4v) is 9.92. The number of hydrogen-bond donors (Lipinski definition) is 1. The van der Waals surface area contributed by atoms with Crippen LogP contribution >= 0.6 is 0 Å². The van der Waals surface area contributed by atoms with Crippen LogP contribution in [0.15, 0.2) is 140 Å². The standard InChI is InChI=1S/C60H59FN4O8/c1-37(69-6)35-70-52-32-51(72-45-28-29-64(33-45)58(68)73-59(3,4)5)47-30-46(40-26-27-40)54(56(55(47)62-52)71-36-39-22-24-41(25-23-39)57(66)67)53-38(2)49(61)31-50-48(53)34-65(63-50)60(42-16-10-7-11-17-42,43-18-12-8-13-19-43)44-20-14-9-15-21-44/h7-25,30-32,34,37,40,45H,26-29,33,35-36H2,1-6H3,(H,66,67)/t37?,45-/m0/s1. The van der Waals surface area contributed by atoms with Crippen molar-refractivity contribution < 1.29 is 42.8 Å². The number of likely N-dealkylation sites (tertiary alicyclic amines) is 1. The van der Waals surface area contributed by atoms with Gasteiger partial charge in [-0.15, -0.1) is 0 Å². The first-order valence-electron chi connectivity index (χ1n) is 24.8. The van der Waals surface area contributed by atoms with Crippen molar-refractivity contribution in [3.8, 4) is 28.5 Å². The van der Waals surface area contributed by atoms with Crippen LogP contribution in [0.2, 0.25) is 0 Å². The van der Waals surface area contributed by atoms with Crippen molar-refractivity contribution in [3.63, 3.8) is 0 Å². The minimum Gasteiger partial charge on any atom is -0.488 e. The molecule has 1 saturated carbocycles. The Balaban J connectivity index is 1.22. The lowest BCUT2D eigenvalue weighted by molar-refractivity contribution is 0.0275. The van der Waals surface area contributed by atoms with E-state index >= 15 is 4.39 Å². The summed E-state index contributed by atoms with van der Waals surface area (Å²) in [5.41, 5.74) is 5.56. The molecule has 1 aliphatic carbocycles. The second kappa shape index (κ2) is 20.0. The van der Waals surface area contributed by atoms with Crippen LogP contribution < -0.4 is 14.2 Å². The van der Waals surface area contributed by atoms with E-state index in [9.17, 15) is 14.7 Å². The molecule has 2 aliphatic rings. The molecule has 3 heterocycles. The lowest BCUT2D eigenvalue weighted by atomic mass is 9.77. The number of fused-ring (bicyclic) bond motifs is 2. The summed E-state index contributed by atoms with van der Waals surface area (Å²) in [6, 6.07) is 42.6.